The minimum Gasteiger partial charge on any atom is -0.320 e. The van der Waals surface area contributed by atoms with Crippen molar-refractivity contribution in [3.8, 4) is 0 Å². The highest BCUT2D eigenvalue weighted by Crippen LogP contribution is 2.60. The maximum Gasteiger partial charge on any atom is 0.0639 e. The molecule has 1 unspecified atom stereocenters. The van der Waals surface area contributed by atoms with Gasteiger partial charge in [-0.2, -0.15) is 5.10 Å². The van der Waals surface area contributed by atoms with Gasteiger partial charge in [0.15, 0.2) is 0 Å². The Morgan fingerprint density at radius 2 is 2.13 bits per heavy atom. The number of hydrogen-bond acceptors (Lipinski definition) is 2. The lowest BCUT2D eigenvalue weighted by molar-refractivity contribution is 0.420. The van der Waals surface area contributed by atoms with E-state index in [0.29, 0.717) is 5.92 Å². The summed E-state index contributed by atoms with van der Waals surface area (Å²) in [6.07, 6.45) is 2.92. The predicted molar refractivity (Wildman–Crippen MR) is 61.3 cm³/mol. The molecule has 0 saturated heterocycles. The van der Waals surface area contributed by atoms with Gasteiger partial charge in [-0.15, -0.1) is 0 Å². The lowest BCUT2D eigenvalue weighted by Crippen LogP contribution is -2.29. The Labute approximate surface area is 91.7 Å². The van der Waals surface area contributed by atoms with Crippen LogP contribution in [0.4, 0.5) is 0 Å². The molecule has 3 nitrogen and oxygen atoms in total. The van der Waals surface area contributed by atoms with E-state index < -0.39 is 0 Å². The van der Waals surface area contributed by atoms with Crippen LogP contribution in [0, 0.1) is 11.3 Å². The molecule has 2 rings (SSSR count). The molecule has 1 heterocycles. The minimum atomic E-state index is -0.154. The molecule has 1 aliphatic rings. The van der Waals surface area contributed by atoms with Gasteiger partial charge in [-0.3, -0.25) is 4.68 Å². The van der Waals surface area contributed by atoms with Crippen molar-refractivity contribution in [3.63, 3.8) is 0 Å². The zero-order chi connectivity index (χ0) is 11.3. The molecule has 2 N–H and O–H groups in total. The third kappa shape index (κ3) is 1.59. The molecule has 0 aromatic carbocycles. The van der Waals surface area contributed by atoms with Crippen molar-refractivity contribution >= 4 is 0 Å². The Bertz CT molecular complexity index is 365. The zero-order valence-electron chi connectivity index (χ0n) is 10.1. The average Bonchev–Trinajstić information content (AvgIpc) is 2.45. The van der Waals surface area contributed by atoms with Gasteiger partial charge in [0.25, 0.3) is 0 Å². The highest BCUT2D eigenvalue weighted by Gasteiger charge is 2.61. The van der Waals surface area contributed by atoms with Crippen LogP contribution in [0.1, 0.15) is 39.8 Å². The standard InChI is InChI=1S/C12H21N3/c1-9(2)7-15-10(5-6-14-15)12(13)8-11(12,3)4/h5-6,9H,7-8,13H2,1-4H3. The van der Waals surface area contributed by atoms with Crippen LogP contribution >= 0.6 is 0 Å². The molecule has 1 aromatic rings. The van der Waals surface area contributed by atoms with Crippen molar-refractivity contribution in [1.82, 2.24) is 9.78 Å². The molecule has 0 amide bonds. The highest BCUT2D eigenvalue weighted by molar-refractivity contribution is 5.29. The molecule has 3 heteroatoms. The first-order valence-electron chi connectivity index (χ1n) is 5.68. The van der Waals surface area contributed by atoms with Gasteiger partial charge in [0.2, 0.25) is 0 Å². The van der Waals surface area contributed by atoms with Crippen LogP contribution in [-0.4, -0.2) is 9.78 Å². The second-order valence-electron chi connectivity index (χ2n) is 5.82. The van der Waals surface area contributed by atoms with E-state index in [1.807, 2.05) is 6.20 Å². The summed E-state index contributed by atoms with van der Waals surface area (Å²) in [5.41, 5.74) is 7.67. The molecule has 1 saturated carbocycles. The largest absolute Gasteiger partial charge is 0.320 e. The van der Waals surface area contributed by atoms with E-state index in [0.717, 1.165) is 13.0 Å². The van der Waals surface area contributed by atoms with Crippen molar-refractivity contribution in [2.45, 2.75) is 46.2 Å². The third-order valence-corrected chi connectivity index (χ3v) is 3.52. The van der Waals surface area contributed by atoms with E-state index in [1.54, 1.807) is 0 Å². The van der Waals surface area contributed by atoms with Crippen LogP contribution in [-0.2, 0) is 12.1 Å². The molecule has 0 aliphatic heterocycles. The molecular formula is C12H21N3. The van der Waals surface area contributed by atoms with E-state index in [2.05, 4.69) is 43.5 Å². The number of nitrogens with two attached hydrogens (primary N) is 1. The van der Waals surface area contributed by atoms with Crippen LogP contribution in [0.5, 0.6) is 0 Å². The van der Waals surface area contributed by atoms with Gasteiger partial charge in [0.05, 0.1) is 11.2 Å². The van der Waals surface area contributed by atoms with E-state index in [1.165, 1.54) is 5.69 Å². The Morgan fingerprint density at radius 1 is 1.53 bits per heavy atom. The van der Waals surface area contributed by atoms with Gasteiger partial charge in [-0.1, -0.05) is 27.7 Å². The highest BCUT2D eigenvalue weighted by atomic mass is 15.3. The molecule has 15 heavy (non-hydrogen) atoms. The topological polar surface area (TPSA) is 43.8 Å². The Balaban J connectivity index is 2.27. The van der Waals surface area contributed by atoms with Gasteiger partial charge < -0.3 is 5.73 Å². The van der Waals surface area contributed by atoms with Crippen molar-refractivity contribution in [3.05, 3.63) is 18.0 Å². The van der Waals surface area contributed by atoms with Crippen LogP contribution in [0.25, 0.3) is 0 Å². The molecule has 0 radical (unpaired) electrons. The third-order valence-electron chi connectivity index (χ3n) is 3.52. The summed E-state index contributed by atoms with van der Waals surface area (Å²) in [7, 11) is 0. The fourth-order valence-corrected chi connectivity index (χ4v) is 2.29. The first kappa shape index (κ1) is 10.7. The normalized spacial score (nSPS) is 28.4. The van der Waals surface area contributed by atoms with E-state index in [4.69, 9.17) is 5.73 Å². The summed E-state index contributed by atoms with van der Waals surface area (Å²) in [5, 5.41) is 4.37. The summed E-state index contributed by atoms with van der Waals surface area (Å²) < 4.78 is 2.07. The quantitative estimate of drug-likeness (QED) is 0.825. The molecule has 1 aromatic heterocycles. The number of nitrogens with zero attached hydrogens (tertiary/aromatic N) is 2. The van der Waals surface area contributed by atoms with Gasteiger partial charge in [0, 0.05) is 12.7 Å². The molecule has 1 fully saturated rings. The average molecular weight is 207 g/mol. The van der Waals surface area contributed by atoms with Crippen LogP contribution in [0.15, 0.2) is 12.3 Å². The lowest BCUT2D eigenvalue weighted by atomic mass is 10.0. The molecule has 1 aliphatic carbocycles. The number of aromatic nitrogens is 2. The van der Waals surface area contributed by atoms with Crippen molar-refractivity contribution in [1.29, 1.82) is 0 Å². The SMILES string of the molecule is CC(C)Cn1nccc1C1(N)CC1(C)C. The summed E-state index contributed by atoms with van der Waals surface area (Å²) in [5.74, 6) is 0.606. The monoisotopic (exact) mass is 207 g/mol. The molecule has 84 valence electrons. The first-order chi connectivity index (χ1) is 6.87. The van der Waals surface area contributed by atoms with Gasteiger partial charge in [-0.25, -0.2) is 0 Å². The fourth-order valence-electron chi connectivity index (χ4n) is 2.29. The maximum atomic E-state index is 6.41. The maximum absolute atomic E-state index is 6.41. The molecule has 0 spiro atoms. The molecular weight excluding hydrogens is 186 g/mol. The van der Waals surface area contributed by atoms with Crippen LogP contribution < -0.4 is 5.73 Å². The van der Waals surface area contributed by atoms with Crippen molar-refractivity contribution < 1.29 is 0 Å². The van der Waals surface area contributed by atoms with Gasteiger partial charge in [-0.05, 0) is 23.8 Å². The minimum absolute atomic E-state index is 0.154. The molecule has 1 atom stereocenters. The second-order valence-corrected chi connectivity index (χ2v) is 5.82. The van der Waals surface area contributed by atoms with Crippen LogP contribution in [0.2, 0.25) is 0 Å². The van der Waals surface area contributed by atoms with Gasteiger partial charge >= 0.3 is 0 Å². The van der Waals surface area contributed by atoms with E-state index in [-0.39, 0.29) is 11.0 Å². The van der Waals surface area contributed by atoms with Crippen LogP contribution in [0.3, 0.4) is 0 Å². The Morgan fingerprint density at radius 3 is 2.60 bits per heavy atom. The number of rotatable bonds is 3. The van der Waals surface area contributed by atoms with Crippen molar-refractivity contribution in [2.24, 2.45) is 17.1 Å². The van der Waals surface area contributed by atoms with Crippen molar-refractivity contribution in [2.75, 3.05) is 0 Å². The summed E-state index contributed by atoms with van der Waals surface area (Å²) in [6, 6.07) is 2.07. The Kier molecular flexibility index (Phi) is 2.19. The predicted octanol–water partition coefficient (Wildman–Crippen LogP) is 2.12. The zero-order valence-corrected chi connectivity index (χ0v) is 10.1. The van der Waals surface area contributed by atoms with Gasteiger partial charge in [0.1, 0.15) is 0 Å². The lowest BCUT2D eigenvalue weighted by Gasteiger charge is -2.18. The van der Waals surface area contributed by atoms with E-state index in [9.17, 15) is 0 Å². The summed E-state index contributed by atoms with van der Waals surface area (Å²) >= 11 is 0. The van der Waals surface area contributed by atoms with E-state index >= 15 is 0 Å². The Hall–Kier alpha value is -0.830. The summed E-state index contributed by atoms with van der Waals surface area (Å²) in [4.78, 5) is 0. The smallest absolute Gasteiger partial charge is 0.0639 e. The molecule has 0 bridgehead atoms. The second kappa shape index (κ2) is 3.08. The summed E-state index contributed by atoms with van der Waals surface area (Å²) in [6.45, 7) is 9.80. The number of hydrogen-bond donors (Lipinski definition) is 1. The first-order valence-corrected chi connectivity index (χ1v) is 5.68. The fraction of sp³-hybridized carbons (Fsp3) is 0.750.